The molecule has 1 rings (SSSR count). The summed E-state index contributed by atoms with van der Waals surface area (Å²) in [5, 5.41) is 9.18. The molecule has 1 heterocycles. The normalized spacial score (nSPS) is 9.91. The highest BCUT2D eigenvalue weighted by Gasteiger charge is 2.01. The Labute approximate surface area is 64.7 Å². The van der Waals surface area contributed by atoms with Gasteiger partial charge in [0, 0.05) is 12.3 Å². The van der Waals surface area contributed by atoms with E-state index >= 15 is 0 Å². The van der Waals surface area contributed by atoms with Crippen LogP contribution >= 0.6 is 0 Å². The van der Waals surface area contributed by atoms with Gasteiger partial charge < -0.3 is 10.1 Å². The van der Waals surface area contributed by atoms with E-state index < -0.39 is 0 Å². The average Bonchev–Trinajstić information content (AvgIpc) is 1.99. The number of pyridine rings is 1. The summed E-state index contributed by atoms with van der Waals surface area (Å²) in [7, 11) is 0. The first-order valence-corrected chi connectivity index (χ1v) is 3.65. The maximum absolute atomic E-state index is 10.8. The van der Waals surface area contributed by atoms with Crippen molar-refractivity contribution in [1.82, 2.24) is 4.98 Å². The van der Waals surface area contributed by atoms with Crippen molar-refractivity contribution in [2.75, 3.05) is 0 Å². The lowest BCUT2D eigenvalue weighted by atomic mass is 10.2. The number of aromatic nitrogens is 1. The van der Waals surface area contributed by atoms with Crippen molar-refractivity contribution in [2.45, 2.75) is 19.8 Å². The lowest BCUT2D eigenvalue weighted by molar-refractivity contribution is 0.458. The fourth-order valence-corrected chi connectivity index (χ4v) is 0.955. The molecule has 0 unspecified atom stereocenters. The first-order valence-electron chi connectivity index (χ1n) is 3.65. The largest absolute Gasteiger partial charge is 0.503 e. The molecule has 0 aliphatic rings. The number of rotatable bonds is 2. The molecule has 0 aliphatic carbocycles. The van der Waals surface area contributed by atoms with Crippen molar-refractivity contribution >= 4 is 0 Å². The van der Waals surface area contributed by atoms with Crippen LogP contribution in [0.3, 0.4) is 0 Å². The van der Waals surface area contributed by atoms with Gasteiger partial charge in [0.1, 0.15) is 0 Å². The molecule has 0 amide bonds. The fraction of sp³-hybridized carbons (Fsp3) is 0.375. The quantitative estimate of drug-likeness (QED) is 0.666. The van der Waals surface area contributed by atoms with Gasteiger partial charge in [-0.2, -0.15) is 0 Å². The van der Waals surface area contributed by atoms with E-state index in [1.54, 1.807) is 6.20 Å². The minimum Gasteiger partial charge on any atom is -0.503 e. The van der Waals surface area contributed by atoms with E-state index in [1.807, 2.05) is 6.92 Å². The number of aryl methyl sites for hydroxylation is 1. The number of aromatic amines is 1. The van der Waals surface area contributed by atoms with Crippen molar-refractivity contribution in [3.8, 4) is 5.75 Å². The third kappa shape index (κ3) is 1.61. The second kappa shape index (κ2) is 3.23. The van der Waals surface area contributed by atoms with Gasteiger partial charge >= 0.3 is 0 Å². The van der Waals surface area contributed by atoms with Gasteiger partial charge in [-0.15, -0.1) is 0 Å². The summed E-state index contributed by atoms with van der Waals surface area (Å²) in [4.78, 5) is 13.7. The summed E-state index contributed by atoms with van der Waals surface area (Å²) in [5.74, 6) is -0.144. The Morgan fingerprint density at radius 1 is 1.64 bits per heavy atom. The van der Waals surface area contributed by atoms with Gasteiger partial charge in [0.2, 0.25) is 5.43 Å². The molecule has 0 spiro atoms. The zero-order chi connectivity index (χ0) is 8.27. The topological polar surface area (TPSA) is 53.1 Å². The van der Waals surface area contributed by atoms with E-state index in [9.17, 15) is 9.90 Å². The van der Waals surface area contributed by atoms with Crippen molar-refractivity contribution in [3.05, 3.63) is 28.2 Å². The SMILES string of the molecule is CCCc1[nH]ccc(=O)c1O. The lowest BCUT2D eigenvalue weighted by Crippen LogP contribution is -2.03. The van der Waals surface area contributed by atoms with Gasteiger partial charge in [0.15, 0.2) is 5.75 Å². The van der Waals surface area contributed by atoms with Crippen LogP contribution in [0.5, 0.6) is 5.75 Å². The zero-order valence-electron chi connectivity index (χ0n) is 6.42. The van der Waals surface area contributed by atoms with Crippen LogP contribution in [-0.4, -0.2) is 10.1 Å². The number of nitrogens with one attached hydrogen (secondary N) is 1. The number of hydrogen-bond acceptors (Lipinski definition) is 2. The van der Waals surface area contributed by atoms with Gasteiger partial charge in [-0.25, -0.2) is 0 Å². The smallest absolute Gasteiger partial charge is 0.223 e. The molecular weight excluding hydrogens is 142 g/mol. The minimum absolute atomic E-state index is 0.144. The number of hydrogen-bond donors (Lipinski definition) is 2. The van der Waals surface area contributed by atoms with Gasteiger partial charge in [0.25, 0.3) is 0 Å². The molecular formula is C8H11NO2. The highest BCUT2D eigenvalue weighted by molar-refractivity contribution is 5.24. The predicted molar refractivity (Wildman–Crippen MR) is 42.7 cm³/mol. The van der Waals surface area contributed by atoms with Gasteiger partial charge in [0.05, 0.1) is 5.69 Å². The zero-order valence-corrected chi connectivity index (χ0v) is 6.42. The molecule has 1 aromatic heterocycles. The molecule has 0 atom stereocenters. The van der Waals surface area contributed by atoms with Gasteiger partial charge in [-0.3, -0.25) is 4.79 Å². The van der Waals surface area contributed by atoms with E-state index in [4.69, 9.17) is 0 Å². The second-order valence-electron chi connectivity index (χ2n) is 2.42. The molecule has 0 saturated heterocycles. The number of aromatic hydroxyl groups is 1. The van der Waals surface area contributed by atoms with Crippen LogP contribution in [0.4, 0.5) is 0 Å². The van der Waals surface area contributed by atoms with Crippen molar-refractivity contribution in [3.63, 3.8) is 0 Å². The van der Waals surface area contributed by atoms with Crippen LogP contribution in [0, 0.1) is 0 Å². The monoisotopic (exact) mass is 153 g/mol. The van der Waals surface area contributed by atoms with E-state index in [1.165, 1.54) is 6.07 Å². The molecule has 0 fully saturated rings. The van der Waals surface area contributed by atoms with E-state index in [0.29, 0.717) is 12.1 Å². The summed E-state index contributed by atoms with van der Waals surface area (Å²) in [6, 6.07) is 1.31. The Morgan fingerprint density at radius 3 is 3.00 bits per heavy atom. The molecule has 2 N–H and O–H groups in total. The molecule has 1 aromatic rings. The Balaban J connectivity index is 3.06. The second-order valence-corrected chi connectivity index (χ2v) is 2.42. The molecule has 11 heavy (non-hydrogen) atoms. The summed E-state index contributed by atoms with van der Waals surface area (Å²) in [6.45, 7) is 1.99. The van der Waals surface area contributed by atoms with Crippen LogP contribution < -0.4 is 5.43 Å². The minimum atomic E-state index is -0.313. The summed E-state index contributed by atoms with van der Waals surface area (Å²) >= 11 is 0. The van der Waals surface area contributed by atoms with Crippen LogP contribution in [0.25, 0.3) is 0 Å². The maximum atomic E-state index is 10.8. The predicted octanol–water partition coefficient (Wildman–Crippen LogP) is 1.03. The molecule has 0 saturated carbocycles. The van der Waals surface area contributed by atoms with Crippen molar-refractivity contribution in [1.29, 1.82) is 0 Å². The van der Waals surface area contributed by atoms with Crippen LogP contribution in [0.1, 0.15) is 19.0 Å². The highest BCUT2D eigenvalue weighted by Crippen LogP contribution is 2.08. The number of H-pyrrole nitrogens is 1. The highest BCUT2D eigenvalue weighted by atomic mass is 16.3. The first-order chi connectivity index (χ1) is 5.25. The van der Waals surface area contributed by atoms with E-state index in [2.05, 4.69) is 4.98 Å². The standard InChI is InChI=1S/C8H11NO2/c1-2-3-6-8(11)7(10)4-5-9-6/h4-5,11H,2-3H2,1H3,(H,9,10). The third-order valence-electron chi connectivity index (χ3n) is 1.51. The molecule has 3 nitrogen and oxygen atoms in total. The molecule has 0 aromatic carbocycles. The summed E-state index contributed by atoms with van der Waals surface area (Å²) in [6.07, 6.45) is 3.17. The van der Waals surface area contributed by atoms with E-state index in [0.717, 1.165) is 6.42 Å². The molecule has 0 bridgehead atoms. The van der Waals surface area contributed by atoms with Crippen molar-refractivity contribution < 1.29 is 5.11 Å². The first kappa shape index (κ1) is 7.85. The molecule has 3 heteroatoms. The lowest BCUT2D eigenvalue weighted by Gasteiger charge is -1.99. The fourth-order valence-electron chi connectivity index (χ4n) is 0.955. The third-order valence-corrected chi connectivity index (χ3v) is 1.51. The van der Waals surface area contributed by atoms with E-state index in [-0.39, 0.29) is 11.2 Å². The summed E-state index contributed by atoms with van der Waals surface area (Å²) < 4.78 is 0. The average molecular weight is 153 g/mol. The Bertz CT molecular complexity index is 290. The maximum Gasteiger partial charge on any atom is 0.223 e. The molecule has 60 valence electrons. The molecule has 0 radical (unpaired) electrons. The molecule has 0 aliphatic heterocycles. The van der Waals surface area contributed by atoms with Crippen LogP contribution in [0.2, 0.25) is 0 Å². The van der Waals surface area contributed by atoms with Crippen LogP contribution in [0.15, 0.2) is 17.1 Å². The Morgan fingerprint density at radius 2 is 2.36 bits per heavy atom. The van der Waals surface area contributed by atoms with Gasteiger partial charge in [-0.1, -0.05) is 13.3 Å². The Kier molecular flexibility index (Phi) is 2.31. The van der Waals surface area contributed by atoms with Gasteiger partial charge in [-0.05, 0) is 6.42 Å². The van der Waals surface area contributed by atoms with Crippen LogP contribution in [-0.2, 0) is 6.42 Å². The van der Waals surface area contributed by atoms with Crippen molar-refractivity contribution in [2.24, 2.45) is 0 Å². The Hall–Kier alpha value is -1.25. The summed E-state index contributed by atoms with van der Waals surface area (Å²) in [5.41, 5.74) is 0.312.